The van der Waals surface area contributed by atoms with Crippen molar-refractivity contribution in [3.05, 3.63) is 23.4 Å². The van der Waals surface area contributed by atoms with Crippen LogP contribution in [0, 0.1) is 0 Å². The second-order valence-electron chi connectivity index (χ2n) is 2.98. The number of allylic oxidation sites excluding steroid dienone is 2. The molecule has 1 heterocycles. The Morgan fingerprint density at radius 1 is 1.40 bits per heavy atom. The van der Waals surface area contributed by atoms with Gasteiger partial charge in [0.05, 0.1) is 0 Å². The first-order valence-corrected chi connectivity index (χ1v) is 4.13. The Morgan fingerprint density at radius 2 is 2.07 bits per heavy atom. The lowest BCUT2D eigenvalue weighted by Gasteiger charge is -2.13. The number of aliphatic carboxylic acids is 2. The lowest BCUT2D eigenvalue weighted by Crippen LogP contribution is -2.37. The van der Waals surface area contributed by atoms with Crippen molar-refractivity contribution in [2.75, 3.05) is 0 Å². The van der Waals surface area contributed by atoms with Crippen molar-refractivity contribution in [3.8, 4) is 0 Å². The lowest BCUT2D eigenvalue weighted by molar-refractivity contribution is -0.139. The molecule has 80 valence electrons. The van der Waals surface area contributed by atoms with Gasteiger partial charge in [-0.25, -0.2) is 9.59 Å². The van der Waals surface area contributed by atoms with Gasteiger partial charge in [0.2, 0.25) is 0 Å². The van der Waals surface area contributed by atoms with Crippen molar-refractivity contribution in [1.82, 2.24) is 5.32 Å². The molecular weight excluding hydrogens is 202 g/mol. The van der Waals surface area contributed by atoms with Gasteiger partial charge in [-0.1, -0.05) is 6.08 Å². The van der Waals surface area contributed by atoms with Crippen LogP contribution in [0.15, 0.2) is 23.4 Å². The van der Waals surface area contributed by atoms with Crippen LogP contribution in [-0.2, 0) is 14.4 Å². The van der Waals surface area contributed by atoms with Gasteiger partial charge in [-0.05, 0) is 11.6 Å². The average molecular weight is 211 g/mol. The number of carbonyl (C=O) groups is 3. The first-order valence-electron chi connectivity index (χ1n) is 4.13. The van der Waals surface area contributed by atoms with Crippen molar-refractivity contribution >= 4 is 18.2 Å². The maximum Gasteiger partial charge on any atom is 0.351 e. The van der Waals surface area contributed by atoms with Crippen LogP contribution in [0.3, 0.4) is 0 Å². The molecule has 3 N–H and O–H groups in total. The molecule has 0 saturated carbocycles. The standard InChI is InChI=1S/C9H9NO5/c11-4-5-1-2-6(8(12)13)10-7(3-5)9(14)15/h1-2,4,7,10H,3H2,(H,12,13)(H,14,15)/t7-/m1/s1. The summed E-state index contributed by atoms with van der Waals surface area (Å²) in [5, 5.41) is 19.8. The van der Waals surface area contributed by atoms with E-state index in [1.807, 2.05) is 0 Å². The summed E-state index contributed by atoms with van der Waals surface area (Å²) >= 11 is 0. The molecule has 0 fully saturated rings. The predicted octanol–water partition coefficient (Wildman–Crippen LogP) is -0.473. The summed E-state index contributed by atoms with van der Waals surface area (Å²) in [6.45, 7) is 0. The second kappa shape index (κ2) is 4.41. The summed E-state index contributed by atoms with van der Waals surface area (Å²) < 4.78 is 0. The summed E-state index contributed by atoms with van der Waals surface area (Å²) in [7, 11) is 0. The normalized spacial score (nSPS) is 20.4. The van der Waals surface area contributed by atoms with Gasteiger partial charge in [0, 0.05) is 6.42 Å². The molecule has 0 saturated heterocycles. The van der Waals surface area contributed by atoms with E-state index in [1.54, 1.807) is 0 Å². The molecule has 0 aliphatic carbocycles. The average Bonchev–Trinajstić information content (AvgIpc) is 2.39. The summed E-state index contributed by atoms with van der Waals surface area (Å²) in [6, 6.07) is -1.09. The van der Waals surface area contributed by atoms with E-state index in [-0.39, 0.29) is 17.7 Å². The maximum absolute atomic E-state index is 10.7. The Labute approximate surface area is 84.9 Å². The zero-order chi connectivity index (χ0) is 11.4. The molecular formula is C9H9NO5. The second-order valence-corrected chi connectivity index (χ2v) is 2.98. The van der Waals surface area contributed by atoms with Gasteiger partial charge in [0.15, 0.2) is 0 Å². The summed E-state index contributed by atoms with van der Waals surface area (Å²) in [4.78, 5) is 31.8. The molecule has 1 atom stereocenters. The lowest BCUT2D eigenvalue weighted by atomic mass is 10.1. The smallest absolute Gasteiger partial charge is 0.351 e. The number of carbonyl (C=O) groups excluding carboxylic acids is 1. The molecule has 0 radical (unpaired) electrons. The van der Waals surface area contributed by atoms with Crippen LogP contribution in [0.4, 0.5) is 0 Å². The van der Waals surface area contributed by atoms with E-state index in [2.05, 4.69) is 5.32 Å². The van der Waals surface area contributed by atoms with Gasteiger partial charge in [-0.15, -0.1) is 0 Å². The molecule has 0 aromatic heterocycles. The van der Waals surface area contributed by atoms with Crippen LogP contribution in [0.1, 0.15) is 6.42 Å². The highest BCUT2D eigenvalue weighted by atomic mass is 16.4. The van der Waals surface area contributed by atoms with Gasteiger partial charge >= 0.3 is 11.9 Å². The number of carboxylic acids is 2. The van der Waals surface area contributed by atoms with E-state index in [0.29, 0.717) is 6.29 Å². The Bertz CT molecular complexity index is 369. The first-order chi connectivity index (χ1) is 7.04. The topological polar surface area (TPSA) is 104 Å². The van der Waals surface area contributed by atoms with E-state index < -0.39 is 18.0 Å². The quantitative estimate of drug-likeness (QED) is 0.545. The van der Waals surface area contributed by atoms with E-state index in [0.717, 1.165) is 0 Å². The number of hydrogen-bond acceptors (Lipinski definition) is 4. The van der Waals surface area contributed by atoms with Gasteiger partial charge in [-0.3, -0.25) is 4.79 Å². The molecule has 1 aliphatic rings. The van der Waals surface area contributed by atoms with Crippen LogP contribution in [0.5, 0.6) is 0 Å². The van der Waals surface area contributed by atoms with Crippen LogP contribution in [0.2, 0.25) is 0 Å². The Hall–Kier alpha value is -2.11. The number of aldehydes is 1. The van der Waals surface area contributed by atoms with Gasteiger partial charge in [0.1, 0.15) is 18.0 Å². The fraction of sp³-hybridized carbons (Fsp3) is 0.222. The van der Waals surface area contributed by atoms with E-state index in [1.165, 1.54) is 12.2 Å². The molecule has 0 bridgehead atoms. The van der Waals surface area contributed by atoms with Crippen LogP contribution < -0.4 is 5.32 Å². The molecule has 0 unspecified atom stereocenters. The van der Waals surface area contributed by atoms with Crippen LogP contribution >= 0.6 is 0 Å². The Kier molecular flexibility index (Phi) is 3.22. The number of rotatable bonds is 3. The van der Waals surface area contributed by atoms with Crippen molar-refractivity contribution < 1.29 is 24.6 Å². The fourth-order valence-electron chi connectivity index (χ4n) is 1.15. The third-order valence-corrected chi connectivity index (χ3v) is 1.91. The highest BCUT2D eigenvalue weighted by Crippen LogP contribution is 2.10. The largest absolute Gasteiger partial charge is 0.480 e. The van der Waals surface area contributed by atoms with E-state index in [9.17, 15) is 14.4 Å². The minimum Gasteiger partial charge on any atom is -0.480 e. The minimum atomic E-state index is -1.26. The SMILES string of the molecule is O=CC1=CC=C(C(=O)O)N[C@@H](C(=O)O)C1. The van der Waals surface area contributed by atoms with Crippen molar-refractivity contribution in [2.45, 2.75) is 12.5 Å². The molecule has 6 heteroatoms. The highest BCUT2D eigenvalue weighted by molar-refractivity contribution is 5.89. The van der Waals surface area contributed by atoms with Crippen molar-refractivity contribution in [1.29, 1.82) is 0 Å². The molecule has 0 amide bonds. The summed E-state index contributed by atoms with van der Waals surface area (Å²) in [6.07, 6.45) is 2.95. The first kappa shape index (κ1) is 11.0. The number of nitrogens with one attached hydrogen (secondary N) is 1. The van der Waals surface area contributed by atoms with E-state index >= 15 is 0 Å². The van der Waals surface area contributed by atoms with Crippen molar-refractivity contribution in [2.24, 2.45) is 0 Å². The molecule has 6 nitrogen and oxygen atoms in total. The van der Waals surface area contributed by atoms with Crippen LogP contribution in [-0.4, -0.2) is 34.5 Å². The molecule has 0 spiro atoms. The number of carboxylic acid groups (broad SMARTS) is 2. The maximum atomic E-state index is 10.7. The fourth-order valence-corrected chi connectivity index (χ4v) is 1.15. The zero-order valence-corrected chi connectivity index (χ0v) is 7.64. The highest BCUT2D eigenvalue weighted by Gasteiger charge is 2.23. The molecule has 15 heavy (non-hydrogen) atoms. The Morgan fingerprint density at radius 3 is 2.53 bits per heavy atom. The summed E-state index contributed by atoms with van der Waals surface area (Å²) in [5.41, 5.74) is 0.00500. The Balaban J connectivity index is 2.99. The minimum absolute atomic E-state index is 0.0356. The zero-order valence-electron chi connectivity index (χ0n) is 7.64. The van der Waals surface area contributed by atoms with Gasteiger partial charge < -0.3 is 15.5 Å². The molecule has 1 rings (SSSR count). The van der Waals surface area contributed by atoms with Gasteiger partial charge in [0.25, 0.3) is 0 Å². The van der Waals surface area contributed by atoms with Crippen LogP contribution in [0.25, 0.3) is 0 Å². The third kappa shape index (κ3) is 2.67. The van der Waals surface area contributed by atoms with Gasteiger partial charge in [-0.2, -0.15) is 0 Å². The van der Waals surface area contributed by atoms with Crippen molar-refractivity contribution in [3.63, 3.8) is 0 Å². The molecule has 0 aromatic carbocycles. The third-order valence-electron chi connectivity index (χ3n) is 1.91. The summed E-state index contributed by atoms with van der Waals surface area (Å²) in [5.74, 6) is -2.46. The molecule has 0 aromatic rings. The predicted molar refractivity (Wildman–Crippen MR) is 49.0 cm³/mol. The number of hydrogen-bond donors (Lipinski definition) is 3. The molecule has 1 aliphatic heterocycles. The van der Waals surface area contributed by atoms with E-state index in [4.69, 9.17) is 10.2 Å². The monoisotopic (exact) mass is 211 g/mol.